The van der Waals surface area contributed by atoms with E-state index in [1.54, 1.807) is 18.2 Å². The highest BCUT2D eigenvalue weighted by Crippen LogP contribution is 2.38. The van der Waals surface area contributed by atoms with E-state index in [-0.39, 0.29) is 11.4 Å². The number of nitro benzene ring substituents is 1. The zero-order chi connectivity index (χ0) is 24.9. The van der Waals surface area contributed by atoms with Gasteiger partial charge in [0.25, 0.3) is 0 Å². The molecule has 8 nitrogen and oxygen atoms in total. The molecule has 0 bridgehead atoms. The van der Waals surface area contributed by atoms with Gasteiger partial charge in [-0.1, -0.05) is 35.9 Å². The Morgan fingerprint density at radius 1 is 1.09 bits per heavy atom. The first-order valence-corrected chi connectivity index (χ1v) is 11.4. The third-order valence-corrected chi connectivity index (χ3v) is 5.83. The predicted octanol–water partition coefficient (Wildman–Crippen LogP) is 6.92. The van der Waals surface area contributed by atoms with Gasteiger partial charge in [0, 0.05) is 40.8 Å². The maximum absolute atomic E-state index is 12.4. The zero-order valence-corrected chi connectivity index (χ0v) is 20.0. The number of carbonyl (C=O) groups excluding carboxylic acids is 1. The number of amides is 1. The summed E-state index contributed by atoms with van der Waals surface area (Å²) in [5.41, 5.74) is 3.94. The van der Waals surface area contributed by atoms with Crippen LogP contribution in [0, 0.1) is 10.1 Å². The van der Waals surface area contributed by atoms with E-state index < -0.39 is 11.0 Å². The van der Waals surface area contributed by atoms with Gasteiger partial charge in [0.2, 0.25) is 5.75 Å². The summed E-state index contributed by atoms with van der Waals surface area (Å²) in [6.07, 6.45) is 1.05. The number of ether oxygens (including phenoxy) is 1. The highest BCUT2D eigenvalue weighted by Gasteiger charge is 2.18. The fourth-order valence-corrected chi connectivity index (χ4v) is 4.09. The second kappa shape index (κ2) is 10.4. The van der Waals surface area contributed by atoms with E-state index in [0.717, 1.165) is 40.8 Å². The minimum atomic E-state index is -0.822. The lowest BCUT2D eigenvalue weighted by molar-refractivity contribution is -0.385. The monoisotopic (exact) mass is 490 g/mol. The molecule has 1 N–H and O–H groups in total. The lowest BCUT2D eigenvalue weighted by Crippen LogP contribution is -2.22. The van der Waals surface area contributed by atoms with Crippen molar-refractivity contribution in [3.8, 4) is 16.9 Å². The van der Waals surface area contributed by atoms with Crippen molar-refractivity contribution in [1.82, 2.24) is 4.98 Å². The summed E-state index contributed by atoms with van der Waals surface area (Å²) in [5, 5.41) is 15.3. The van der Waals surface area contributed by atoms with Crippen LogP contribution < -0.4 is 15.0 Å². The molecule has 1 amide bonds. The number of rotatable bonds is 7. The Balaban J connectivity index is 1.64. The summed E-state index contributed by atoms with van der Waals surface area (Å²) < 4.78 is 5.15. The summed E-state index contributed by atoms with van der Waals surface area (Å²) in [6.45, 7) is 5.80. The summed E-state index contributed by atoms with van der Waals surface area (Å²) >= 11 is 6.31. The number of hydrogen-bond donors (Lipinski definition) is 1. The van der Waals surface area contributed by atoms with Crippen LogP contribution in [0.5, 0.6) is 5.75 Å². The molecule has 0 spiro atoms. The average molecular weight is 491 g/mol. The Hall–Kier alpha value is -4.17. The SMILES string of the molecule is CCN(CC)c1cnc2ccc(Cl)cc2c1-c1ccc(NC(=O)Oc2ccccc2[N+](=O)[O-])cc1. The van der Waals surface area contributed by atoms with Crippen molar-refractivity contribution in [3.63, 3.8) is 0 Å². The fourth-order valence-electron chi connectivity index (χ4n) is 3.92. The molecule has 1 heterocycles. The molecule has 9 heteroatoms. The van der Waals surface area contributed by atoms with Crippen LogP contribution in [0.2, 0.25) is 5.02 Å². The van der Waals surface area contributed by atoms with Crippen LogP contribution in [-0.2, 0) is 0 Å². The average Bonchev–Trinajstić information content (AvgIpc) is 2.85. The number of anilines is 2. The zero-order valence-electron chi connectivity index (χ0n) is 19.2. The van der Waals surface area contributed by atoms with Gasteiger partial charge in [-0.3, -0.25) is 20.4 Å². The Morgan fingerprint density at radius 3 is 2.49 bits per heavy atom. The van der Waals surface area contributed by atoms with E-state index in [9.17, 15) is 14.9 Å². The van der Waals surface area contributed by atoms with Crippen molar-refractivity contribution >= 4 is 45.7 Å². The first kappa shape index (κ1) is 24.0. The van der Waals surface area contributed by atoms with Gasteiger partial charge in [0.15, 0.2) is 0 Å². The van der Waals surface area contributed by atoms with E-state index in [4.69, 9.17) is 16.3 Å². The van der Waals surface area contributed by atoms with Crippen LogP contribution in [0.4, 0.5) is 21.9 Å². The number of halogens is 1. The van der Waals surface area contributed by atoms with Crippen LogP contribution in [0.15, 0.2) is 72.9 Å². The summed E-state index contributed by atoms with van der Waals surface area (Å²) in [6, 6.07) is 18.6. The van der Waals surface area contributed by atoms with E-state index in [1.807, 2.05) is 36.5 Å². The molecule has 0 radical (unpaired) electrons. The van der Waals surface area contributed by atoms with Gasteiger partial charge in [0.1, 0.15) is 0 Å². The molecule has 0 aliphatic heterocycles. The Morgan fingerprint density at radius 2 is 1.80 bits per heavy atom. The topological polar surface area (TPSA) is 97.6 Å². The van der Waals surface area contributed by atoms with Crippen LogP contribution in [0.3, 0.4) is 0 Å². The molecule has 0 saturated carbocycles. The van der Waals surface area contributed by atoms with E-state index in [0.29, 0.717) is 10.7 Å². The van der Waals surface area contributed by atoms with Crippen molar-refractivity contribution in [1.29, 1.82) is 0 Å². The number of nitrogens with one attached hydrogen (secondary N) is 1. The second-order valence-corrected chi connectivity index (χ2v) is 8.11. The maximum Gasteiger partial charge on any atom is 0.417 e. The fraction of sp³-hybridized carbons (Fsp3) is 0.154. The molecule has 3 aromatic carbocycles. The lowest BCUT2D eigenvalue weighted by Gasteiger charge is -2.25. The van der Waals surface area contributed by atoms with Crippen molar-refractivity contribution < 1.29 is 14.5 Å². The number of para-hydroxylation sites is 2. The molecular weight excluding hydrogens is 468 g/mol. The molecular formula is C26H23ClN4O4. The highest BCUT2D eigenvalue weighted by molar-refractivity contribution is 6.31. The standard InChI is InChI=1S/C26H23ClN4O4/c1-3-30(4-2)23-16-28-21-14-11-18(27)15-20(21)25(23)17-9-12-19(13-10-17)29-26(32)35-24-8-6-5-7-22(24)31(33)34/h5-16H,3-4H2,1-2H3,(H,29,32). The van der Waals surface area contributed by atoms with E-state index >= 15 is 0 Å². The number of pyridine rings is 1. The van der Waals surface area contributed by atoms with Crippen molar-refractivity contribution in [3.05, 3.63) is 88.1 Å². The summed E-state index contributed by atoms with van der Waals surface area (Å²) in [4.78, 5) is 29.7. The van der Waals surface area contributed by atoms with Gasteiger partial charge in [-0.15, -0.1) is 0 Å². The van der Waals surface area contributed by atoms with Gasteiger partial charge in [-0.05, 0) is 55.8 Å². The van der Waals surface area contributed by atoms with Crippen LogP contribution in [-0.4, -0.2) is 29.1 Å². The molecule has 0 aliphatic rings. The molecule has 0 aliphatic carbocycles. The van der Waals surface area contributed by atoms with Crippen molar-refractivity contribution in [2.24, 2.45) is 0 Å². The number of nitrogens with zero attached hydrogens (tertiary/aromatic N) is 3. The van der Waals surface area contributed by atoms with Crippen molar-refractivity contribution in [2.75, 3.05) is 23.3 Å². The maximum atomic E-state index is 12.4. The second-order valence-electron chi connectivity index (χ2n) is 7.67. The van der Waals surface area contributed by atoms with Crippen LogP contribution in [0.1, 0.15) is 13.8 Å². The predicted molar refractivity (Wildman–Crippen MR) is 138 cm³/mol. The van der Waals surface area contributed by atoms with E-state index in [2.05, 4.69) is 29.0 Å². The summed E-state index contributed by atoms with van der Waals surface area (Å²) in [5.74, 6) is -0.129. The van der Waals surface area contributed by atoms with Crippen LogP contribution in [0.25, 0.3) is 22.0 Å². The number of nitro groups is 1. The van der Waals surface area contributed by atoms with Gasteiger partial charge in [-0.25, -0.2) is 4.79 Å². The molecule has 4 aromatic rings. The number of fused-ring (bicyclic) bond motifs is 1. The van der Waals surface area contributed by atoms with Gasteiger partial charge in [-0.2, -0.15) is 0 Å². The molecule has 0 fully saturated rings. The molecule has 4 rings (SSSR count). The molecule has 0 saturated heterocycles. The first-order valence-electron chi connectivity index (χ1n) is 11.1. The minimum absolute atomic E-state index is 0.129. The molecule has 35 heavy (non-hydrogen) atoms. The Bertz CT molecular complexity index is 1390. The summed E-state index contributed by atoms with van der Waals surface area (Å²) in [7, 11) is 0. The normalized spacial score (nSPS) is 10.7. The molecule has 0 unspecified atom stereocenters. The third-order valence-electron chi connectivity index (χ3n) is 5.60. The van der Waals surface area contributed by atoms with Crippen molar-refractivity contribution in [2.45, 2.75) is 13.8 Å². The smallest absolute Gasteiger partial charge is 0.403 e. The number of carbonyl (C=O) groups is 1. The number of hydrogen-bond acceptors (Lipinski definition) is 6. The van der Waals surface area contributed by atoms with Gasteiger partial charge in [0.05, 0.1) is 22.3 Å². The Kier molecular flexibility index (Phi) is 7.12. The number of aromatic nitrogens is 1. The largest absolute Gasteiger partial charge is 0.417 e. The highest BCUT2D eigenvalue weighted by atomic mass is 35.5. The lowest BCUT2D eigenvalue weighted by atomic mass is 9.98. The van der Waals surface area contributed by atoms with Crippen LogP contribution >= 0.6 is 11.6 Å². The van der Waals surface area contributed by atoms with Gasteiger partial charge < -0.3 is 9.64 Å². The van der Waals surface area contributed by atoms with E-state index in [1.165, 1.54) is 18.2 Å². The van der Waals surface area contributed by atoms with Gasteiger partial charge >= 0.3 is 11.8 Å². The third kappa shape index (κ3) is 5.17. The quantitative estimate of drug-likeness (QED) is 0.223. The minimum Gasteiger partial charge on any atom is -0.403 e. The number of benzene rings is 3. The molecule has 1 aromatic heterocycles. The molecule has 0 atom stereocenters. The molecule has 178 valence electrons. The Labute approximate surface area is 207 Å². The first-order chi connectivity index (χ1) is 16.9.